The van der Waals surface area contributed by atoms with E-state index in [1.807, 2.05) is 0 Å². The summed E-state index contributed by atoms with van der Waals surface area (Å²) in [6, 6.07) is 0. The maximum Gasteiger partial charge on any atom is 0.0497 e. The van der Waals surface area contributed by atoms with Crippen LogP contribution in [-0.4, -0.2) is 26.4 Å². The Morgan fingerprint density at radius 3 is 1.64 bits per heavy atom. The van der Waals surface area contributed by atoms with Gasteiger partial charge < -0.3 is 9.47 Å². The second-order valence-corrected chi connectivity index (χ2v) is 4.12. The Labute approximate surface area is 88.0 Å². The van der Waals surface area contributed by atoms with Crippen LogP contribution in [0.4, 0.5) is 0 Å². The van der Waals surface area contributed by atoms with Crippen molar-refractivity contribution >= 4 is 0 Å². The highest BCUT2D eigenvalue weighted by molar-refractivity contribution is 4.75. The van der Waals surface area contributed by atoms with E-state index < -0.39 is 0 Å². The lowest BCUT2D eigenvalue weighted by Gasteiger charge is -2.31. The van der Waals surface area contributed by atoms with Crippen LogP contribution >= 0.6 is 0 Å². The molecule has 1 aliphatic carbocycles. The molecule has 14 heavy (non-hydrogen) atoms. The average Bonchev–Trinajstić information content (AvgIpc) is 2.24. The molecule has 0 aromatic rings. The van der Waals surface area contributed by atoms with E-state index in [1.165, 1.54) is 25.7 Å². The summed E-state index contributed by atoms with van der Waals surface area (Å²) in [5.41, 5.74) is 0. The minimum atomic E-state index is 0.746. The van der Waals surface area contributed by atoms with E-state index in [2.05, 4.69) is 13.8 Å². The van der Waals surface area contributed by atoms with Crippen molar-refractivity contribution in [2.24, 2.45) is 11.8 Å². The highest BCUT2D eigenvalue weighted by Crippen LogP contribution is 2.30. The van der Waals surface area contributed by atoms with E-state index in [9.17, 15) is 0 Å². The summed E-state index contributed by atoms with van der Waals surface area (Å²) in [6.45, 7) is 7.71. The molecule has 2 atom stereocenters. The monoisotopic (exact) mass is 200 g/mol. The Bertz CT molecular complexity index is 120. The quantitative estimate of drug-likeness (QED) is 0.656. The molecule has 1 saturated carbocycles. The topological polar surface area (TPSA) is 18.5 Å². The molecule has 0 spiro atoms. The predicted molar refractivity (Wildman–Crippen MR) is 58.4 cm³/mol. The number of ether oxygens (including phenoxy) is 2. The molecule has 84 valence electrons. The minimum Gasteiger partial charge on any atom is -0.381 e. The first-order chi connectivity index (χ1) is 6.88. The summed E-state index contributed by atoms with van der Waals surface area (Å²) in [6.07, 6.45) is 5.41. The van der Waals surface area contributed by atoms with Crippen molar-refractivity contribution in [1.82, 2.24) is 0 Å². The zero-order valence-electron chi connectivity index (χ0n) is 9.63. The van der Waals surface area contributed by atoms with E-state index in [-0.39, 0.29) is 0 Å². The average molecular weight is 200 g/mol. The third-order valence-corrected chi connectivity index (χ3v) is 3.14. The van der Waals surface area contributed by atoms with Crippen molar-refractivity contribution in [3.63, 3.8) is 0 Å². The fourth-order valence-electron chi connectivity index (χ4n) is 2.26. The van der Waals surface area contributed by atoms with Crippen LogP contribution in [0.1, 0.15) is 39.5 Å². The Balaban J connectivity index is 2.26. The maximum atomic E-state index is 5.53. The van der Waals surface area contributed by atoms with Gasteiger partial charge in [0.15, 0.2) is 0 Å². The second kappa shape index (κ2) is 7.24. The fourth-order valence-corrected chi connectivity index (χ4v) is 2.26. The molecule has 1 rings (SSSR count). The summed E-state index contributed by atoms with van der Waals surface area (Å²) in [5.74, 6) is 1.49. The Hall–Kier alpha value is -0.0800. The molecule has 0 aromatic carbocycles. The van der Waals surface area contributed by atoms with Crippen LogP contribution in [0.2, 0.25) is 0 Å². The van der Waals surface area contributed by atoms with E-state index in [0.29, 0.717) is 0 Å². The maximum absolute atomic E-state index is 5.53. The molecule has 2 nitrogen and oxygen atoms in total. The Kier molecular flexibility index (Phi) is 6.20. The standard InChI is InChI=1S/C12H24O2/c1-3-13-9-11-7-5-6-8-12(11)10-14-4-2/h11-12H,3-10H2,1-2H3/t11-,12+. The summed E-state index contributed by atoms with van der Waals surface area (Å²) in [4.78, 5) is 0. The molecule has 2 heteroatoms. The lowest BCUT2D eigenvalue weighted by molar-refractivity contribution is 0.0206. The zero-order valence-corrected chi connectivity index (χ0v) is 9.63. The van der Waals surface area contributed by atoms with Crippen LogP contribution < -0.4 is 0 Å². The molecule has 1 aliphatic rings. The highest BCUT2D eigenvalue weighted by Gasteiger charge is 2.24. The first-order valence-electron chi connectivity index (χ1n) is 6.04. The molecule has 0 aromatic heterocycles. The smallest absolute Gasteiger partial charge is 0.0497 e. The largest absolute Gasteiger partial charge is 0.381 e. The van der Waals surface area contributed by atoms with Gasteiger partial charge in [-0.25, -0.2) is 0 Å². The molecule has 0 saturated heterocycles. The lowest BCUT2D eigenvalue weighted by atomic mass is 9.80. The van der Waals surface area contributed by atoms with Crippen LogP contribution in [-0.2, 0) is 9.47 Å². The molecule has 0 radical (unpaired) electrons. The first kappa shape index (κ1) is 12.0. The second-order valence-electron chi connectivity index (χ2n) is 4.12. The van der Waals surface area contributed by atoms with Gasteiger partial charge in [-0.05, 0) is 38.5 Å². The normalized spacial score (nSPS) is 27.9. The molecule has 0 unspecified atom stereocenters. The van der Waals surface area contributed by atoms with Gasteiger partial charge in [0, 0.05) is 26.4 Å². The summed E-state index contributed by atoms with van der Waals surface area (Å²) in [7, 11) is 0. The molecule has 0 N–H and O–H groups in total. The van der Waals surface area contributed by atoms with Gasteiger partial charge in [0.2, 0.25) is 0 Å². The van der Waals surface area contributed by atoms with Crippen molar-refractivity contribution in [2.45, 2.75) is 39.5 Å². The van der Waals surface area contributed by atoms with Crippen LogP contribution in [0.15, 0.2) is 0 Å². The molecule has 0 heterocycles. The van der Waals surface area contributed by atoms with Crippen molar-refractivity contribution in [1.29, 1.82) is 0 Å². The molecular weight excluding hydrogens is 176 g/mol. The van der Waals surface area contributed by atoms with Gasteiger partial charge in [0.05, 0.1) is 0 Å². The third kappa shape index (κ3) is 3.97. The van der Waals surface area contributed by atoms with Gasteiger partial charge in [0.25, 0.3) is 0 Å². The van der Waals surface area contributed by atoms with Gasteiger partial charge in [-0.15, -0.1) is 0 Å². The Morgan fingerprint density at radius 1 is 0.857 bits per heavy atom. The van der Waals surface area contributed by atoms with E-state index in [1.54, 1.807) is 0 Å². The third-order valence-electron chi connectivity index (χ3n) is 3.14. The van der Waals surface area contributed by atoms with Gasteiger partial charge in [-0.3, -0.25) is 0 Å². The Morgan fingerprint density at radius 2 is 1.29 bits per heavy atom. The van der Waals surface area contributed by atoms with Crippen molar-refractivity contribution in [2.75, 3.05) is 26.4 Å². The lowest BCUT2D eigenvalue weighted by Crippen LogP contribution is -2.27. The molecule has 0 amide bonds. The highest BCUT2D eigenvalue weighted by atomic mass is 16.5. The van der Waals surface area contributed by atoms with Gasteiger partial charge >= 0.3 is 0 Å². The predicted octanol–water partition coefficient (Wildman–Crippen LogP) is 2.87. The van der Waals surface area contributed by atoms with Crippen molar-refractivity contribution < 1.29 is 9.47 Å². The van der Waals surface area contributed by atoms with E-state index in [0.717, 1.165) is 38.3 Å². The molecular formula is C12H24O2. The van der Waals surface area contributed by atoms with Crippen molar-refractivity contribution in [3.8, 4) is 0 Å². The zero-order chi connectivity index (χ0) is 10.2. The fraction of sp³-hybridized carbons (Fsp3) is 1.00. The van der Waals surface area contributed by atoms with Gasteiger partial charge in [-0.2, -0.15) is 0 Å². The van der Waals surface area contributed by atoms with E-state index in [4.69, 9.17) is 9.47 Å². The number of hydrogen-bond donors (Lipinski definition) is 0. The first-order valence-corrected chi connectivity index (χ1v) is 6.04. The summed E-state index contributed by atoms with van der Waals surface area (Å²) in [5, 5.41) is 0. The summed E-state index contributed by atoms with van der Waals surface area (Å²) < 4.78 is 11.1. The summed E-state index contributed by atoms with van der Waals surface area (Å²) >= 11 is 0. The number of rotatable bonds is 6. The molecule has 0 aliphatic heterocycles. The van der Waals surface area contributed by atoms with Crippen LogP contribution in [0.5, 0.6) is 0 Å². The SMILES string of the molecule is CCOC[C@H]1CCCC[C@H]1COCC. The molecule has 0 bridgehead atoms. The number of hydrogen-bond acceptors (Lipinski definition) is 2. The minimum absolute atomic E-state index is 0.746. The van der Waals surface area contributed by atoms with Crippen molar-refractivity contribution in [3.05, 3.63) is 0 Å². The van der Waals surface area contributed by atoms with Crippen LogP contribution in [0.25, 0.3) is 0 Å². The van der Waals surface area contributed by atoms with Gasteiger partial charge in [0.1, 0.15) is 0 Å². The van der Waals surface area contributed by atoms with Crippen LogP contribution in [0, 0.1) is 11.8 Å². The van der Waals surface area contributed by atoms with Crippen LogP contribution in [0.3, 0.4) is 0 Å². The van der Waals surface area contributed by atoms with E-state index >= 15 is 0 Å². The molecule has 1 fully saturated rings. The van der Waals surface area contributed by atoms with Gasteiger partial charge in [-0.1, -0.05) is 12.8 Å².